The number of hydrogen-bond acceptors (Lipinski definition) is 4. The van der Waals surface area contributed by atoms with Crippen LogP contribution in [-0.4, -0.2) is 16.7 Å². The van der Waals surface area contributed by atoms with E-state index in [9.17, 15) is 10.1 Å². The predicted molar refractivity (Wildman–Crippen MR) is 145 cm³/mol. The first kappa shape index (κ1) is 25.2. The van der Waals surface area contributed by atoms with Crippen molar-refractivity contribution in [1.29, 1.82) is 5.26 Å². The van der Waals surface area contributed by atoms with Crippen LogP contribution in [0.1, 0.15) is 38.4 Å². The number of aromatic nitrogens is 1. The largest absolute Gasteiger partial charge is 0.488 e. The first-order chi connectivity index (χ1) is 17.4. The molecule has 0 unspecified atom stereocenters. The third-order valence-electron chi connectivity index (χ3n) is 5.58. The van der Waals surface area contributed by atoms with Gasteiger partial charge in [0.25, 0.3) is 5.91 Å². The van der Waals surface area contributed by atoms with Gasteiger partial charge in [-0.25, -0.2) is 5.43 Å². The van der Waals surface area contributed by atoms with Crippen LogP contribution < -0.4 is 10.2 Å². The molecule has 0 radical (unpaired) electrons. The summed E-state index contributed by atoms with van der Waals surface area (Å²) in [7, 11) is 0. The fraction of sp³-hybridized carbons (Fsp3) is 0.107. The second-order valence-electron chi connectivity index (χ2n) is 8.06. The number of aryl methyl sites for hydroxylation is 2. The van der Waals surface area contributed by atoms with Crippen molar-refractivity contribution in [2.45, 2.75) is 20.5 Å². The van der Waals surface area contributed by atoms with Gasteiger partial charge in [0, 0.05) is 22.6 Å². The van der Waals surface area contributed by atoms with Crippen molar-refractivity contribution in [1.82, 2.24) is 9.99 Å². The van der Waals surface area contributed by atoms with Crippen molar-refractivity contribution in [3.63, 3.8) is 0 Å². The number of ether oxygens (including phenoxy) is 1. The number of nitrogens with one attached hydrogen (secondary N) is 1. The van der Waals surface area contributed by atoms with Gasteiger partial charge in [0.2, 0.25) is 0 Å². The Balaban J connectivity index is 1.39. The van der Waals surface area contributed by atoms with Crippen LogP contribution in [0.4, 0.5) is 0 Å². The quantitative estimate of drug-likeness (QED) is 0.201. The van der Waals surface area contributed by atoms with E-state index in [0.717, 1.165) is 32.7 Å². The average molecular weight is 562 g/mol. The molecule has 0 aliphatic rings. The molecule has 4 rings (SSSR count). The molecule has 0 spiro atoms. The van der Waals surface area contributed by atoms with E-state index in [4.69, 9.17) is 16.3 Å². The molecule has 0 bridgehead atoms. The number of hydrazone groups is 1. The zero-order chi connectivity index (χ0) is 25.7. The minimum absolute atomic E-state index is 0.273. The number of carbonyl (C=O) groups excluding carboxylic acids is 1. The first-order valence-electron chi connectivity index (χ1n) is 11.1. The lowest BCUT2D eigenvalue weighted by Gasteiger charge is -2.11. The number of nitriles is 1. The highest BCUT2D eigenvalue weighted by Crippen LogP contribution is 2.27. The number of benzene rings is 3. The Hall–Kier alpha value is -3.86. The van der Waals surface area contributed by atoms with Crippen molar-refractivity contribution < 1.29 is 9.53 Å². The van der Waals surface area contributed by atoms with Crippen molar-refractivity contribution >= 4 is 39.7 Å². The van der Waals surface area contributed by atoms with E-state index in [-0.39, 0.29) is 6.61 Å². The van der Waals surface area contributed by atoms with Gasteiger partial charge < -0.3 is 9.30 Å². The molecule has 1 aromatic heterocycles. The summed E-state index contributed by atoms with van der Waals surface area (Å²) in [5, 5.41) is 13.6. The van der Waals surface area contributed by atoms with E-state index in [1.807, 2.05) is 62.4 Å². The Morgan fingerprint density at radius 1 is 1.11 bits per heavy atom. The Labute approximate surface area is 222 Å². The van der Waals surface area contributed by atoms with Crippen LogP contribution in [0.25, 0.3) is 5.69 Å². The summed E-state index contributed by atoms with van der Waals surface area (Å²) in [4.78, 5) is 12.6. The number of nitrogens with zero attached hydrogens (tertiary/aromatic N) is 3. The van der Waals surface area contributed by atoms with Crippen LogP contribution in [-0.2, 0) is 6.61 Å². The molecule has 4 aromatic rings. The van der Waals surface area contributed by atoms with Crippen molar-refractivity contribution in [2.24, 2.45) is 5.10 Å². The fourth-order valence-corrected chi connectivity index (χ4v) is 4.53. The molecule has 0 atom stereocenters. The van der Waals surface area contributed by atoms with E-state index in [2.05, 4.69) is 37.1 Å². The van der Waals surface area contributed by atoms with Crippen molar-refractivity contribution in [3.05, 3.63) is 116 Å². The highest BCUT2D eigenvalue weighted by Gasteiger charge is 2.12. The molecule has 0 saturated carbocycles. The monoisotopic (exact) mass is 560 g/mol. The van der Waals surface area contributed by atoms with Crippen LogP contribution in [0.15, 0.2) is 82.4 Å². The van der Waals surface area contributed by atoms with E-state index >= 15 is 0 Å². The summed E-state index contributed by atoms with van der Waals surface area (Å²) in [6.07, 6.45) is 1.53. The number of hydrogen-bond donors (Lipinski definition) is 1. The van der Waals surface area contributed by atoms with Crippen LogP contribution in [0, 0.1) is 25.2 Å². The summed E-state index contributed by atoms with van der Waals surface area (Å²) >= 11 is 9.91. The molecule has 6 nitrogen and oxygen atoms in total. The van der Waals surface area contributed by atoms with E-state index in [0.29, 0.717) is 21.9 Å². The normalized spacial score (nSPS) is 10.9. The maximum absolute atomic E-state index is 12.6. The van der Waals surface area contributed by atoms with Gasteiger partial charge in [-0.05, 0) is 89.9 Å². The number of amides is 1. The zero-order valence-corrected chi connectivity index (χ0v) is 22.0. The molecule has 0 saturated heterocycles. The number of carbonyl (C=O) groups is 1. The van der Waals surface area contributed by atoms with Crippen LogP contribution in [0.5, 0.6) is 5.75 Å². The molecule has 1 amide bonds. The second-order valence-corrected chi connectivity index (χ2v) is 9.32. The van der Waals surface area contributed by atoms with E-state index < -0.39 is 5.91 Å². The van der Waals surface area contributed by atoms with Gasteiger partial charge in [0.05, 0.1) is 32.9 Å². The summed E-state index contributed by atoms with van der Waals surface area (Å²) in [6, 6.07) is 24.3. The molecule has 3 aromatic carbocycles. The van der Waals surface area contributed by atoms with Crippen molar-refractivity contribution in [3.8, 4) is 17.5 Å². The predicted octanol–water partition coefficient (Wildman–Crippen LogP) is 6.72. The van der Waals surface area contributed by atoms with E-state index in [1.165, 1.54) is 6.21 Å². The molecule has 1 N–H and O–H groups in total. The SMILES string of the molecule is Cc1ccc(C)n1-c1ccc(C(=O)N/N=C\c2ccc(OCc3ccccc3C#N)c(Br)c2)c(Cl)c1. The molecule has 36 heavy (non-hydrogen) atoms. The molecular weight excluding hydrogens is 540 g/mol. The lowest BCUT2D eigenvalue weighted by molar-refractivity contribution is 0.0955. The van der Waals surface area contributed by atoms with Crippen LogP contribution in [0.3, 0.4) is 0 Å². The highest BCUT2D eigenvalue weighted by atomic mass is 79.9. The minimum Gasteiger partial charge on any atom is -0.488 e. The van der Waals surface area contributed by atoms with Gasteiger partial charge in [0.15, 0.2) is 0 Å². The summed E-state index contributed by atoms with van der Waals surface area (Å²) in [5.74, 6) is 0.225. The Kier molecular flexibility index (Phi) is 7.89. The summed E-state index contributed by atoms with van der Waals surface area (Å²) in [5.41, 5.74) is 8.06. The fourth-order valence-electron chi connectivity index (χ4n) is 3.75. The topological polar surface area (TPSA) is 79.4 Å². The van der Waals surface area contributed by atoms with Gasteiger partial charge >= 0.3 is 0 Å². The third kappa shape index (κ3) is 5.68. The Bertz CT molecular complexity index is 1480. The van der Waals surface area contributed by atoms with Gasteiger partial charge in [-0.1, -0.05) is 29.8 Å². The van der Waals surface area contributed by atoms with Crippen molar-refractivity contribution in [2.75, 3.05) is 0 Å². The molecule has 180 valence electrons. The van der Waals surface area contributed by atoms with Crippen LogP contribution >= 0.6 is 27.5 Å². The minimum atomic E-state index is -0.404. The van der Waals surface area contributed by atoms with E-state index in [1.54, 1.807) is 24.3 Å². The summed E-state index contributed by atoms with van der Waals surface area (Å²) < 4.78 is 8.65. The molecule has 1 heterocycles. The second kappa shape index (κ2) is 11.3. The van der Waals surface area contributed by atoms with Gasteiger partial charge in [-0.15, -0.1) is 0 Å². The smallest absolute Gasteiger partial charge is 0.272 e. The number of rotatable bonds is 7. The number of halogens is 2. The third-order valence-corrected chi connectivity index (χ3v) is 6.52. The average Bonchev–Trinajstić information content (AvgIpc) is 3.21. The maximum Gasteiger partial charge on any atom is 0.272 e. The van der Waals surface area contributed by atoms with Gasteiger partial charge in [-0.2, -0.15) is 10.4 Å². The lowest BCUT2D eigenvalue weighted by Crippen LogP contribution is -2.18. The zero-order valence-electron chi connectivity index (χ0n) is 19.6. The van der Waals surface area contributed by atoms with Gasteiger partial charge in [-0.3, -0.25) is 4.79 Å². The summed E-state index contributed by atoms with van der Waals surface area (Å²) in [6.45, 7) is 4.30. The standard InChI is InChI=1S/C28H22BrClN4O2/c1-18-7-8-19(2)34(18)23-10-11-24(26(30)14-23)28(35)33-32-16-20-9-12-27(25(29)13-20)36-17-22-6-4-3-5-21(22)15-31/h3-14,16H,17H2,1-2H3,(H,33,35)/b32-16-. The lowest BCUT2D eigenvalue weighted by atomic mass is 10.1. The molecule has 8 heteroatoms. The Morgan fingerprint density at radius 2 is 1.86 bits per heavy atom. The van der Waals surface area contributed by atoms with Crippen LogP contribution in [0.2, 0.25) is 5.02 Å². The molecule has 0 aliphatic carbocycles. The molecular formula is C28H22BrClN4O2. The van der Waals surface area contributed by atoms with Gasteiger partial charge in [0.1, 0.15) is 12.4 Å². The molecule has 0 fully saturated rings. The maximum atomic E-state index is 12.6. The molecule has 0 aliphatic heterocycles. The highest BCUT2D eigenvalue weighted by molar-refractivity contribution is 9.10. The Morgan fingerprint density at radius 3 is 2.56 bits per heavy atom. The first-order valence-corrected chi connectivity index (χ1v) is 12.2.